The molecule has 0 bridgehead atoms. The maximum atomic E-state index is 9.27. The van der Waals surface area contributed by atoms with E-state index in [-0.39, 0.29) is 0 Å². The normalized spacial score (nSPS) is 10.1. The topological polar surface area (TPSA) is 33.0 Å². The summed E-state index contributed by atoms with van der Waals surface area (Å²) in [5.41, 5.74) is 3.71. The molecule has 0 aliphatic heterocycles. The van der Waals surface area contributed by atoms with Gasteiger partial charge < -0.3 is 4.74 Å². The van der Waals surface area contributed by atoms with Crippen molar-refractivity contribution in [2.24, 2.45) is 0 Å². The maximum Gasteiger partial charge on any atom is 0.119 e. The first-order valence-corrected chi connectivity index (χ1v) is 8.02. The Morgan fingerprint density at radius 2 is 1.65 bits per heavy atom. The Morgan fingerprint density at radius 1 is 0.913 bits per heavy atom. The van der Waals surface area contributed by atoms with E-state index in [4.69, 9.17) is 4.74 Å². The second kappa shape index (κ2) is 7.13. The molecule has 0 unspecified atom stereocenters. The van der Waals surface area contributed by atoms with Crippen molar-refractivity contribution in [3.05, 3.63) is 88.4 Å². The number of benzene rings is 3. The minimum absolute atomic E-state index is 0.544. The predicted molar refractivity (Wildman–Crippen MR) is 95.1 cm³/mol. The van der Waals surface area contributed by atoms with Crippen molar-refractivity contribution in [3.8, 4) is 22.9 Å². The van der Waals surface area contributed by atoms with Crippen molar-refractivity contribution in [1.29, 1.82) is 5.26 Å². The highest BCUT2D eigenvalue weighted by Gasteiger charge is 2.06. The van der Waals surface area contributed by atoms with E-state index in [1.165, 1.54) is 0 Å². The zero-order valence-electron chi connectivity index (χ0n) is 12.4. The van der Waals surface area contributed by atoms with Gasteiger partial charge in [0.1, 0.15) is 12.4 Å². The first kappa shape index (κ1) is 15.3. The number of halogens is 1. The molecule has 23 heavy (non-hydrogen) atoms. The number of hydrogen-bond acceptors (Lipinski definition) is 2. The first-order valence-electron chi connectivity index (χ1n) is 7.23. The molecule has 0 N–H and O–H groups in total. The van der Waals surface area contributed by atoms with Crippen LogP contribution in [0, 0.1) is 11.3 Å². The number of nitriles is 1. The van der Waals surface area contributed by atoms with Crippen molar-refractivity contribution in [2.75, 3.05) is 0 Å². The summed E-state index contributed by atoms with van der Waals surface area (Å²) in [4.78, 5) is 0. The molecule has 3 rings (SSSR count). The molecule has 0 fully saturated rings. The second-order valence-corrected chi connectivity index (χ2v) is 6.02. The highest BCUT2D eigenvalue weighted by molar-refractivity contribution is 9.10. The van der Waals surface area contributed by atoms with E-state index in [2.05, 4.69) is 22.0 Å². The Kier molecular flexibility index (Phi) is 4.75. The molecule has 0 aliphatic rings. The molecule has 0 amide bonds. The van der Waals surface area contributed by atoms with Gasteiger partial charge in [-0.1, -0.05) is 64.5 Å². The molecule has 3 aromatic rings. The summed E-state index contributed by atoms with van der Waals surface area (Å²) in [5.74, 6) is 0.813. The van der Waals surface area contributed by atoms with Gasteiger partial charge in [-0.3, -0.25) is 0 Å². The molecule has 0 heterocycles. The summed E-state index contributed by atoms with van der Waals surface area (Å²) in [6, 6.07) is 25.8. The predicted octanol–water partition coefficient (Wildman–Crippen LogP) is 5.57. The number of hydrogen-bond donors (Lipinski definition) is 0. The second-order valence-electron chi connectivity index (χ2n) is 5.10. The highest BCUT2D eigenvalue weighted by Crippen LogP contribution is 2.28. The Morgan fingerprint density at radius 3 is 2.35 bits per heavy atom. The summed E-state index contributed by atoms with van der Waals surface area (Å²) < 4.78 is 6.69. The molecule has 112 valence electrons. The monoisotopic (exact) mass is 363 g/mol. The molecule has 0 saturated carbocycles. The lowest BCUT2D eigenvalue weighted by Gasteiger charge is -2.08. The maximum absolute atomic E-state index is 9.27. The summed E-state index contributed by atoms with van der Waals surface area (Å²) in [6.45, 7) is 0.544. The molecular formula is C20H14BrNO. The van der Waals surface area contributed by atoms with Gasteiger partial charge >= 0.3 is 0 Å². The molecule has 3 aromatic carbocycles. The Bertz CT molecular complexity index is 836. The van der Waals surface area contributed by atoms with Crippen LogP contribution in [0.15, 0.2) is 77.3 Å². The minimum Gasteiger partial charge on any atom is -0.489 e. The Hall–Kier alpha value is -2.57. The van der Waals surface area contributed by atoms with Crippen molar-refractivity contribution in [2.45, 2.75) is 6.61 Å². The van der Waals surface area contributed by atoms with Gasteiger partial charge in [0, 0.05) is 4.47 Å². The lowest BCUT2D eigenvalue weighted by atomic mass is 10.0. The van der Waals surface area contributed by atoms with Crippen LogP contribution in [-0.4, -0.2) is 0 Å². The number of ether oxygens (including phenoxy) is 1. The van der Waals surface area contributed by atoms with Crippen LogP contribution in [-0.2, 0) is 6.61 Å². The van der Waals surface area contributed by atoms with Gasteiger partial charge in [0.25, 0.3) is 0 Å². The van der Waals surface area contributed by atoms with E-state index in [0.29, 0.717) is 12.2 Å². The molecule has 0 atom stereocenters. The molecule has 2 nitrogen and oxygen atoms in total. The summed E-state index contributed by atoms with van der Waals surface area (Å²) in [7, 11) is 0. The van der Waals surface area contributed by atoms with Gasteiger partial charge in [-0.15, -0.1) is 0 Å². The fourth-order valence-corrected chi connectivity index (χ4v) is 2.69. The molecular weight excluding hydrogens is 350 g/mol. The molecule has 3 heteroatoms. The third-order valence-electron chi connectivity index (χ3n) is 3.52. The van der Waals surface area contributed by atoms with Crippen LogP contribution in [0.5, 0.6) is 5.75 Å². The van der Waals surface area contributed by atoms with E-state index >= 15 is 0 Å². The fraction of sp³-hybridized carbons (Fsp3) is 0.0500. The fourth-order valence-electron chi connectivity index (χ4n) is 2.33. The zero-order valence-corrected chi connectivity index (χ0v) is 14.0. The van der Waals surface area contributed by atoms with E-state index in [1.54, 1.807) is 0 Å². The average Bonchev–Trinajstić information content (AvgIpc) is 2.61. The summed E-state index contributed by atoms with van der Waals surface area (Å²) >= 11 is 3.39. The van der Waals surface area contributed by atoms with Gasteiger partial charge in [0.15, 0.2) is 0 Å². The van der Waals surface area contributed by atoms with Crippen LogP contribution in [0.1, 0.15) is 11.1 Å². The quantitative estimate of drug-likeness (QED) is 0.607. The van der Waals surface area contributed by atoms with Crippen LogP contribution in [0.4, 0.5) is 0 Å². The van der Waals surface area contributed by atoms with Gasteiger partial charge in [-0.25, -0.2) is 0 Å². The van der Waals surface area contributed by atoms with Gasteiger partial charge in [0.05, 0.1) is 11.6 Å². The van der Waals surface area contributed by atoms with Crippen LogP contribution >= 0.6 is 15.9 Å². The SMILES string of the molecule is N#Cc1cc(Br)ccc1-c1ccc(OCc2ccccc2)cc1. The third kappa shape index (κ3) is 3.80. The largest absolute Gasteiger partial charge is 0.489 e. The number of nitrogens with zero attached hydrogens (tertiary/aromatic N) is 1. The van der Waals surface area contributed by atoms with Crippen LogP contribution < -0.4 is 4.74 Å². The van der Waals surface area contributed by atoms with E-state index < -0.39 is 0 Å². The highest BCUT2D eigenvalue weighted by atomic mass is 79.9. The van der Waals surface area contributed by atoms with Crippen molar-refractivity contribution in [1.82, 2.24) is 0 Å². The summed E-state index contributed by atoms with van der Waals surface area (Å²) in [6.07, 6.45) is 0. The van der Waals surface area contributed by atoms with Crippen molar-refractivity contribution >= 4 is 15.9 Å². The number of rotatable bonds is 4. The lowest BCUT2D eigenvalue weighted by Crippen LogP contribution is -1.94. The third-order valence-corrected chi connectivity index (χ3v) is 4.01. The van der Waals surface area contributed by atoms with Crippen molar-refractivity contribution < 1.29 is 4.74 Å². The zero-order chi connectivity index (χ0) is 16.1. The van der Waals surface area contributed by atoms with E-state index in [1.807, 2.05) is 72.8 Å². The van der Waals surface area contributed by atoms with Gasteiger partial charge in [0.2, 0.25) is 0 Å². The minimum atomic E-state index is 0.544. The van der Waals surface area contributed by atoms with Gasteiger partial charge in [-0.2, -0.15) is 5.26 Å². The Balaban J connectivity index is 1.76. The van der Waals surface area contributed by atoms with Crippen LogP contribution in [0.25, 0.3) is 11.1 Å². The first-order chi connectivity index (χ1) is 11.3. The van der Waals surface area contributed by atoms with Crippen molar-refractivity contribution in [3.63, 3.8) is 0 Å². The molecule has 0 spiro atoms. The van der Waals surface area contributed by atoms with Crippen LogP contribution in [0.2, 0.25) is 0 Å². The molecule has 0 saturated heterocycles. The smallest absolute Gasteiger partial charge is 0.119 e. The molecule has 0 radical (unpaired) electrons. The lowest BCUT2D eigenvalue weighted by molar-refractivity contribution is 0.306. The molecule has 0 aromatic heterocycles. The van der Waals surface area contributed by atoms with Crippen LogP contribution in [0.3, 0.4) is 0 Å². The average molecular weight is 364 g/mol. The van der Waals surface area contributed by atoms with Gasteiger partial charge in [-0.05, 0) is 41.0 Å². The molecule has 0 aliphatic carbocycles. The standard InChI is InChI=1S/C20H14BrNO/c21-18-8-11-20(17(12-18)13-22)16-6-9-19(10-7-16)23-14-15-4-2-1-3-5-15/h1-12H,14H2. The Labute approximate surface area is 144 Å². The summed E-state index contributed by atoms with van der Waals surface area (Å²) in [5, 5.41) is 9.27. The van der Waals surface area contributed by atoms with E-state index in [9.17, 15) is 5.26 Å². The van der Waals surface area contributed by atoms with E-state index in [0.717, 1.165) is 26.9 Å².